The van der Waals surface area contributed by atoms with Crippen LogP contribution in [0.4, 0.5) is 5.69 Å². The van der Waals surface area contributed by atoms with Crippen molar-refractivity contribution < 1.29 is 13.8 Å². The van der Waals surface area contributed by atoms with Crippen LogP contribution in [-0.4, -0.2) is 40.3 Å². The number of amides is 2. The molecule has 1 saturated heterocycles. The van der Waals surface area contributed by atoms with E-state index in [2.05, 4.69) is 5.32 Å². The van der Waals surface area contributed by atoms with Gasteiger partial charge in [-0.3, -0.25) is 13.8 Å². The molecule has 1 heterocycles. The number of carbonyl (C=O) groups excluding carboxylic acids is 2. The summed E-state index contributed by atoms with van der Waals surface area (Å²) in [5.74, 6) is 0.354. The Bertz CT molecular complexity index is 830. The quantitative estimate of drug-likeness (QED) is 0.862. The van der Waals surface area contributed by atoms with E-state index in [-0.39, 0.29) is 17.7 Å². The molecule has 0 aliphatic carbocycles. The number of hydrogen-bond donors (Lipinski definition) is 1. The summed E-state index contributed by atoms with van der Waals surface area (Å²) < 4.78 is 11.4. The highest BCUT2D eigenvalue weighted by atomic mass is 32.2. The average molecular weight is 385 g/mol. The van der Waals surface area contributed by atoms with Crippen LogP contribution in [0.3, 0.4) is 0 Å². The molecule has 0 spiro atoms. The van der Waals surface area contributed by atoms with E-state index in [0.29, 0.717) is 37.2 Å². The molecule has 3 rings (SSSR count). The van der Waals surface area contributed by atoms with Crippen molar-refractivity contribution in [1.82, 2.24) is 4.90 Å². The molecule has 1 unspecified atom stereocenters. The molecule has 0 bridgehead atoms. The second-order valence-corrected chi connectivity index (χ2v) is 8.27. The van der Waals surface area contributed by atoms with E-state index in [9.17, 15) is 13.8 Å². The molecule has 2 amide bonds. The molecule has 5 nitrogen and oxygen atoms in total. The van der Waals surface area contributed by atoms with Gasteiger partial charge >= 0.3 is 0 Å². The Hall–Kier alpha value is -2.47. The van der Waals surface area contributed by atoms with Crippen molar-refractivity contribution in [2.75, 3.05) is 24.7 Å². The summed E-state index contributed by atoms with van der Waals surface area (Å²) in [4.78, 5) is 27.0. The maximum atomic E-state index is 12.8. The molecule has 1 aliphatic rings. The van der Waals surface area contributed by atoms with Crippen LogP contribution >= 0.6 is 0 Å². The second-order valence-electron chi connectivity index (χ2n) is 6.84. The fourth-order valence-corrected chi connectivity index (χ4v) is 3.97. The largest absolute Gasteiger partial charge is 0.339 e. The highest BCUT2D eigenvalue weighted by molar-refractivity contribution is 7.83. The monoisotopic (exact) mass is 384 g/mol. The third kappa shape index (κ3) is 5.26. The van der Waals surface area contributed by atoms with E-state index in [4.69, 9.17) is 0 Å². The molecule has 1 N–H and O–H groups in total. The van der Waals surface area contributed by atoms with Crippen molar-refractivity contribution >= 4 is 28.3 Å². The molecule has 6 heteroatoms. The van der Waals surface area contributed by atoms with Crippen molar-refractivity contribution in [3.63, 3.8) is 0 Å². The summed E-state index contributed by atoms with van der Waals surface area (Å²) in [6.07, 6.45) is 2.96. The lowest BCUT2D eigenvalue weighted by atomic mass is 9.95. The van der Waals surface area contributed by atoms with E-state index in [1.54, 1.807) is 17.2 Å². The van der Waals surface area contributed by atoms with Crippen LogP contribution in [0.25, 0.3) is 0 Å². The van der Waals surface area contributed by atoms with Crippen molar-refractivity contribution in [3.05, 3.63) is 65.7 Å². The number of nitrogens with zero attached hydrogens (tertiary/aromatic N) is 1. The van der Waals surface area contributed by atoms with Crippen LogP contribution in [0.1, 0.15) is 28.8 Å². The van der Waals surface area contributed by atoms with Crippen molar-refractivity contribution in [2.45, 2.75) is 18.6 Å². The van der Waals surface area contributed by atoms with Gasteiger partial charge in [-0.25, -0.2) is 0 Å². The molecule has 0 aromatic heterocycles. The Kier molecular flexibility index (Phi) is 6.40. The van der Waals surface area contributed by atoms with Crippen LogP contribution < -0.4 is 5.32 Å². The van der Waals surface area contributed by atoms with Crippen molar-refractivity contribution in [1.29, 1.82) is 0 Å². The predicted molar refractivity (Wildman–Crippen MR) is 108 cm³/mol. The van der Waals surface area contributed by atoms with E-state index >= 15 is 0 Å². The van der Waals surface area contributed by atoms with Gasteiger partial charge in [0.05, 0.1) is 0 Å². The first-order valence-corrected chi connectivity index (χ1v) is 10.8. The maximum Gasteiger partial charge on any atom is 0.253 e. The number of likely N-dealkylation sites (tertiary alicyclic amines) is 1. The highest BCUT2D eigenvalue weighted by Gasteiger charge is 2.28. The molecule has 27 heavy (non-hydrogen) atoms. The number of piperidine rings is 1. The van der Waals surface area contributed by atoms with Crippen LogP contribution in [-0.2, 0) is 21.3 Å². The lowest BCUT2D eigenvalue weighted by Gasteiger charge is -2.31. The van der Waals surface area contributed by atoms with Crippen LogP contribution in [0.15, 0.2) is 54.6 Å². The maximum absolute atomic E-state index is 12.8. The van der Waals surface area contributed by atoms with E-state index in [0.717, 1.165) is 11.3 Å². The van der Waals surface area contributed by atoms with Crippen LogP contribution in [0, 0.1) is 5.92 Å². The Labute approximate surface area is 162 Å². The summed E-state index contributed by atoms with van der Waals surface area (Å²) in [5.41, 5.74) is 2.31. The number of para-hydroxylation sites is 1. The van der Waals surface area contributed by atoms with Gasteiger partial charge in [0.25, 0.3) is 5.91 Å². The summed E-state index contributed by atoms with van der Waals surface area (Å²) in [6, 6.07) is 16.7. The van der Waals surface area contributed by atoms with Crippen LogP contribution in [0.2, 0.25) is 0 Å². The molecule has 2 aromatic rings. The van der Waals surface area contributed by atoms with Gasteiger partial charge < -0.3 is 10.2 Å². The molecule has 0 saturated carbocycles. The Morgan fingerprint density at radius 1 is 1.07 bits per heavy atom. The third-order valence-corrected chi connectivity index (χ3v) is 5.48. The topological polar surface area (TPSA) is 66.5 Å². The van der Waals surface area contributed by atoms with Gasteiger partial charge in [-0.15, -0.1) is 0 Å². The molecule has 0 radical (unpaired) electrons. The summed E-state index contributed by atoms with van der Waals surface area (Å²) in [5, 5.41) is 2.94. The number of anilines is 1. The normalized spacial score (nSPS) is 16.0. The third-order valence-electron chi connectivity index (χ3n) is 4.74. The SMILES string of the molecule is CS(=O)Cc1cccc(C(=O)N2CCC(C(=O)Nc3ccccc3)CC2)c1. The lowest BCUT2D eigenvalue weighted by molar-refractivity contribution is -0.121. The second kappa shape index (κ2) is 8.95. The molecule has 1 aliphatic heterocycles. The Morgan fingerprint density at radius 2 is 1.78 bits per heavy atom. The van der Waals surface area contributed by atoms with Gasteiger partial charge in [0, 0.05) is 53.1 Å². The molecule has 1 atom stereocenters. The fourth-order valence-electron chi connectivity index (χ4n) is 3.32. The number of nitrogens with one attached hydrogen (secondary N) is 1. The summed E-state index contributed by atoms with van der Waals surface area (Å²) in [7, 11) is -0.939. The standard InChI is InChI=1S/C21H24N2O3S/c1-27(26)15-16-6-5-7-18(14-16)21(25)23-12-10-17(11-13-23)20(24)22-19-8-3-2-4-9-19/h2-9,14,17H,10-13,15H2,1H3,(H,22,24). The zero-order valence-corrected chi connectivity index (χ0v) is 16.2. The first-order chi connectivity index (χ1) is 13.0. The van der Waals surface area contributed by atoms with E-state index < -0.39 is 10.8 Å². The molecular weight excluding hydrogens is 360 g/mol. The number of rotatable bonds is 5. The molecular formula is C21H24N2O3S. The highest BCUT2D eigenvalue weighted by Crippen LogP contribution is 2.21. The van der Waals surface area contributed by atoms with Crippen LogP contribution in [0.5, 0.6) is 0 Å². The number of carbonyl (C=O) groups is 2. The first-order valence-electron chi connectivity index (χ1n) is 9.07. The summed E-state index contributed by atoms with van der Waals surface area (Å²) in [6.45, 7) is 1.13. The van der Waals surface area contributed by atoms with Gasteiger partial charge in [0.15, 0.2) is 0 Å². The molecule has 1 fully saturated rings. The molecule has 142 valence electrons. The average Bonchev–Trinajstić information content (AvgIpc) is 2.68. The summed E-state index contributed by atoms with van der Waals surface area (Å²) >= 11 is 0. The number of hydrogen-bond acceptors (Lipinski definition) is 3. The van der Waals surface area contributed by atoms with E-state index in [1.807, 2.05) is 48.5 Å². The van der Waals surface area contributed by atoms with E-state index in [1.165, 1.54) is 0 Å². The minimum Gasteiger partial charge on any atom is -0.339 e. The predicted octanol–water partition coefficient (Wildman–Crippen LogP) is 3.06. The van der Waals surface area contributed by atoms with Gasteiger partial charge in [-0.2, -0.15) is 0 Å². The zero-order chi connectivity index (χ0) is 19.2. The van der Waals surface area contributed by atoms with Gasteiger partial charge in [-0.1, -0.05) is 30.3 Å². The van der Waals surface area contributed by atoms with Gasteiger partial charge in [-0.05, 0) is 42.7 Å². The van der Waals surface area contributed by atoms with Gasteiger partial charge in [0.2, 0.25) is 5.91 Å². The van der Waals surface area contributed by atoms with Gasteiger partial charge in [0.1, 0.15) is 0 Å². The Balaban J connectivity index is 1.56. The lowest BCUT2D eigenvalue weighted by Crippen LogP contribution is -2.41. The Morgan fingerprint density at radius 3 is 2.44 bits per heavy atom. The minimum atomic E-state index is -0.939. The smallest absolute Gasteiger partial charge is 0.253 e. The van der Waals surface area contributed by atoms with Crippen molar-refractivity contribution in [2.24, 2.45) is 5.92 Å². The molecule has 2 aromatic carbocycles. The fraction of sp³-hybridized carbons (Fsp3) is 0.333. The van der Waals surface area contributed by atoms with Crippen molar-refractivity contribution in [3.8, 4) is 0 Å². The number of benzene rings is 2. The first kappa shape index (κ1) is 19.3. The zero-order valence-electron chi connectivity index (χ0n) is 15.4. The minimum absolute atomic E-state index is 0.0146.